The Kier molecular flexibility index (Phi) is 7.39. The van der Waals surface area contributed by atoms with Gasteiger partial charge in [-0.25, -0.2) is 0 Å². The summed E-state index contributed by atoms with van der Waals surface area (Å²) in [6, 6.07) is 3.05. The molecule has 78 valence electrons. The van der Waals surface area contributed by atoms with Crippen LogP contribution >= 0.6 is 42.0 Å². The molecule has 2 nitrogen and oxygen atoms in total. The van der Waals surface area contributed by atoms with Crippen molar-refractivity contribution >= 4 is 53.4 Å². The molecule has 0 saturated carbocycles. The number of hydrogen-bond donors (Lipinski definition) is 2. The van der Waals surface area contributed by atoms with Gasteiger partial charge in [0.1, 0.15) is 0 Å². The van der Waals surface area contributed by atoms with Crippen molar-refractivity contribution in [3.63, 3.8) is 0 Å². The standard InChI is InChI=1S/C6H6Cl2N2.2ClH.Pt/c7-3-1-5(9)6(10)2-4(3)8;;;/h1-2H,9-10H2;2*1H;/q;;;+2/p-2. The number of benzene rings is 1. The van der Waals surface area contributed by atoms with E-state index in [1.54, 1.807) is 0 Å². The molecule has 0 radical (unpaired) electrons. The molecule has 0 spiro atoms. The number of nitrogen functional groups attached to an aromatic ring is 2. The summed E-state index contributed by atoms with van der Waals surface area (Å²) in [5.74, 6) is 0. The van der Waals surface area contributed by atoms with E-state index in [0.29, 0.717) is 21.4 Å². The molecular formula is C6H6Cl4N2Pt. The van der Waals surface area contributed by atoms with Crippen LogP contribution in [0.3, 0.4) is 0 Å². The van der Waals surface area contributed by atoms with Crippen molar-refractivity contribution in [1.29, 1.82) is 0 Å². The molecule has 4 N–H and O–H groups in total. The Bertz CT molecular complexity index is 231. The van der Waals surface area contributed by atoms with Crippen molar-refractivity contribution in [2.24, 2.45) is 0 Å². The summed E-state index contributed by atoms with van der Waals surface area (Å²) in [5.41, 5.74) is 11.7. The predicted molar refractivity (Wildman–Crippen MR) is 57.0 cm³/mol. The Morgan fingerprint density at radius 3 is 1.38 bits per heavy atom. The van der Waals surface area contributed by atoms with E-state index >= 15 is 0 Å². The minimum absolute atomic E-state index is 0.424. The Labute approximate surface area is 103 Å². The van der Waals surface area contributed by atoms with Gasteiger partial charge >= 0.3 is 35.3 Å². The summed E-state index contributed by atoms with van der Waals surface area (Å²) in [6.07, 6.45) is 0. The predicted octanol–water partition coefficient (Wildman–Crippen LogP) is 3.53. The molecule has 0 aliphatic heterocycles. The molecule has 0 aliphatic rings. The first-order valence-corrected chi connectivity index (χ1v) is 9.24. The van der Waals surface area contributed by atoms with Crippen LogP contribution in [0.25, 0.3) is 0 Å². The van der Waals surface area contributed by atoms with Gasteiger partial charge in [0, 0.05) is 0 Å². The summed E-state index contributed by atoms with van der Waals surface area (Å²) in [6.45, 7) is 0. The Morgan fingerprint density at radius 2 is 1.15 bits per heavy atom. The molecule has 1 aromatic carbocycles. The van der Waals surface area contributed by atoms with Gasteiger partial charge in [-0.3, -0.25) is 0 Å². The van der Waals surface area contributed by atoms with Gasteiger partial charge in [0.15, 0.2) is 0 Å². The van der Waals surface area contributed by atoms with Gasteiger partial charge in [-0.1, -0.05) is 23.2 Å². The van der Waals surface area contributed by atoms with Crippen LogP contribution in [0.15, 0.2) is 12.1 Å². The fourth-order valence-corrected chi connectivity index (χ4v) is 0.922. The molecule has 0 fully saturated rings. The second-order valence-electron chi connectivity index (χ2n) is 1.94. The van der Waals surface area contributed by atoms with E-state index in [1.807, 2.05) is 0 Å². The molecule has 0 atom stereocenters. The van der Waals surface area contributed by atoms with Crippen LogP contribution in [-0.4, -0.2) is 0 Å². The molecule has 0 unspecified atom stereocenters. The van der Waals surface area contributed by atoms with Crippen molar-refractivity contribution < 1.29 is 16.5 Å². The molecule has 13 heavy (non-hydrogen) atoms. The zero-order valence-corrected chi connectivity index (χ0v) is 11.4. The first-order valence-electron chi connectivity index (χ1n) is 2.85. The third-order valence-electron chi connectivity index (χ3n) is 1.13. The monoisotopic (exact) mass is 441 g/mol. The summed E-state index contributed by atoms with van der Waals surface area (Å²) in [7, 11) is 9.75. The minimum atomic E-state index is -0.472. The van der Waals surface area contributed by atoms with Crippen molar-refractivity contribution in [2.45, 2.75) is 0 Å². The van der Waals surface area contributed by atoms with E-state index in [2.05, 4.69) is 0 Å². The van der Waals surface area contributed by atoms with Crippen LogP contribution in [0.1, 0.15) is 0 Å². The van der Waals surface area contributed by atoms with Gasteiger partial charge in [0.25, 0.3) is 0 Å². The first kappa shape index (κ1) is 13.7. The molecule has 0 saturated heterocycles. The molecular weight excluding hydrogens is 437 g/mol. The van der Waals surface area contributed by atoms with Crippen molar-refractivity contribution in [2.75, 3.05) is 11.5 Å². The topological polar surface area (TPSA) is 52.0 Å². The van der Waals surface area contributed by atoms with E-state index in [4.69, 9.17) is 53.5 Å². The van der Waals surface area contributed by atoms with E-state index in [9.17, 15) is 0 Å². The average molecular weight is 443 g/mol. The molecule has 7 heteroatoms. The van der Waals surface area contributed by atoms with Gasteiger partial charge < -0.3 is 11.5 Å². The van der Waals surface area contributed by atoms with Crippen molar-refractivity contribution in [1.82, 2.24) is 0 Å². The third kappa shape index (κ3) is 5.19. The van der Waals surface area contributed by atoms with Crippen molar-refractivity contribution in [3.8, 4) is 0 Å². The van der Waals surface area contributed by atoms with E-state index < -0.39 is 16.5 Å². The quantitative estimate of drug-likeness (QED) is 0.604. The fourth-order valence-electron chi connectivity index (χ4n) is 0.578. The number of halogens is 4. The molecule has 0 aliphatic carbocycles. The molecule has 0 bridgehead atoms. The van der Waals surface area contributed by atoms with Crippen LogP contribution in [0.2, 0.25) is 10.0 Å². The normalized spacial score (nSPS) is 9.23. The van der Waals surface area contributed by atoms with E-state index in [0.717, 1.165) is 0 Å². The molecule has 1 aromatic rings. The number of hydrogen-bond acceptors (Lipinski definition) is 2. The SMILES string of the molecule is Nc1cc(Cl)c(Cl)cc1N.[Cl][Pt][Cl]. The van der Waals surface area contributed by atoms with Gasteiger partial charge in [-0.2, -0.15) is 0 Å². The summed E-state index contributed by atoms with van der Waals surface area (Å²) in [5, 5.41) is 0.849. The van der Waals surface area contributed by atoms with Gasteiger partial charge in [-0.15, -0.1) is 0 Å². The number of anilines is 2. The summed E-state index contributed by atoms with van der Waals surface area (Å²) >= 11 is 10.8. The third-order valence-corrected chi connectivity index (χ3v) is 1.85. The molecule has 1 rings (SSSR count). The zero-order chi connectivity index (χ0) is 10.4. The Morgan fingerprint density at radius 1 is 0.923 bits per heavy atom. The van der Waals surface area contributed by atoms with Gasteiger partial charge in [-0.05, 0) is 12.1 Å². The average Bonchev–Trinajstić information content (AvgIpc) is 2.03. The summed E-state index contributed by atoms with van der Waals surface area (Å²) in [4.78, 5) is 0. The number of nitrogens with two attached hydrogens (primary N) is 2. The van der Waals surface area contributed by atoms with Crippen LogP contribution in [0.4, 0.5) is 11.4 Å². The maximum absolute atomic E-state index is 5.62. The fraction of sp³-hybridized carbons (Fsp3) is 0. The summed E-state index contributed by atoms with van der Waals surface area (Å²) < 4.78 is 0. The Hall–Kier alpha value is 0.668. The molecule has 0 aromatic heterocycles. The maximum atomic E-state index is 5.62. The first-order chi connectivity index (χ1) is 6.02. The van der Waals surface area contributed by atoms with Crippen molar-refractivity contribution in [3.05, 3.63) is 22.2 Å². The number of rotatable bonds is 0. The van der Waals surface area contributed by atoms with Gasteiger partial charge in [0.05, 0.1) is 21.4 Å². The van der Waals surface area contributed by atoms with Crippen LogP contribution < -0.4 is 11.5 Å². The molecule has 0 amide bonds. The van der Waals surface area contributed by atoms with Gasteiger partial charge in [0.2, 0.25) is 0 Å². The zero-order valence-electron chi connectivity index (χ0n) is 6.14. The van der Waals surface area contributed by atoms with Crippen LogP contribution in [-0.2, 0) is 16.5 Å². The molecule has 0 heterocycles. The second-order valence-corrected chi connectivity index (χ2v) is 6.04. The van der Waals surface area contributed by atoms with Crippen LogP contribution in [0.5, 0.6) is 0 Å². The van der Waals surface area contributed by atoms with E-state index in [-0.39, 0.29) is 0 Å². The second kappa shape index (κ2) is 7.03. The van der Waals surface area contributed by atoms with Crippen LogP contribution in [0, 0.1) is 0 Å². The van der Waals surface area contributed by atoms with E-state index in [1.165, 1.54) is 12.1 Å². The Balaban J connectivity index is 0.000000424.